The number of ether oxygens (including phenoxy) is 3. The lowest BCUT2D eigenvalue weighted by Crippen LogP contribution is -2.33. The fraction of sp³-hybridized carbons (Fsp3) is 0.231. The number of rotatable bonds is 8. The second-order valence-corrected chi connectivity index (χ2v) is 7.92. The Bertz CT molecular complexity index is 1240. The lowest BCUT2D eigenvalue weighted by Gasteiger charge is -2.26. The highest BCUT2D eigenvalue weighted by Gasteiger charge is 2.21. The van der Waals surface area contributed by atoms with E-state index in [4.69, 9.17) is 14.2 Å². The molecular formula is C26H25N3O4. The van der Waals surface area contributed by atoms with Crippen molar-refractivity contribution in [3.8, 4) is 11.5 Å². The lowest BCUT2D eigenvalue weighted by molar-refractivity contribution is 0.0760. The van der Waals surface area contributed by atoms with E-state index in [1.54, 1.807) is 6.07 Å². The maximum absolute atomic E-state index is 12.5. The van der Waals surface area contributed by atoms with E-state index in [-0.39, 0.29) is 12.0 Å². The van der Waals surface area contributed by atoms with Gasteiger partial charge in [0.05, 0.1) is 25.3 Å². The van der Waals surface area contributed by atoms with Crippen molar-refractivity contribution in [2.45, 2.75) is 19.3 Å². The van der Waals surface area contributed by atoms with Crippen LogP contribution in [0, 0.1) is 0 Å². The van der Waals surface area contributed by atoms with Crippen molar-refractivity contribution in [3.63, 3.8) is 0 Å². The number of nitrogens with zero attached hydrogens (tertiary/aromatic N) is 2. The van der Waals surface area contributed by atoms with E-state index in [1.165, 1.54) is 0 Å². The Morgan fingerprint density at radius 2 is 1.88 bits per heavy atom. The molecular weight excluding hydrogens is 418 g/mol. The zero-order valence-electron chi connectivity index (χ0n) is 18.1. The van der Waals surface area contributed by atoms with Gasteiger partial charge in [-0.3, -0.25) is 9.48 Å². The Kier molecular flexibility index (Phi) is 6.21. The molecule has 7 nitrogen and oxygen atoms in total. The second-order valence-electron chi connectivity index (χ2n) is 7.92. The van der Waals surface area contributed by atoms with Crippen molar-refractivity contribution >= 4 is 16.8 Å². The molecule has 33 heavy (non-hydrogen) atoms. The first-order valence-electron chi connectivity index (χ1n) is 11.0. The van der Waals surface area contributed by atoms with Gasteiger partial charge in [0.25, 0.3) is 5.91 Å². The molecule has 1 amide bonds. The van der Waals surface area contributed by atoms with Gasteiger partial charge in [-0.05, 0) is 35.9 Å². The first kappa shape index (κ1) is 21.0. The second kappa shape index (κ2) is 9.75. The summed E-state index contributed by atoms with van der Waals surface area (Å²) < 4.78 is 19.3. The fourth-order valence-corrected chi connectivity index (χ4v) is 3.78. The van der Waals surface area contributed by atoms with Crippen LogP contribution in [0.1, 0.15) is 15.9 Å². The Labute approximate surface area is 191 Å². The zero-order chi connectivity index (χ0) is 22.5. The molecule has 1 aromatic heterocycles. The number of carbonyl (C=O) groups excluding carboxylic acids is 1. The minimum Gasteiger partial charge on any atom is -0.486 e. The Balaban J connectivity index is 1.14. The van der Waals surface area contributed by atoms with Gasteiger partial charge in [-0.1, -0.05) is 42.5 Å². The number of nitrogens with one attached hydrogen (secondary N) is 1. The summed E-state index contributed by atoms with van der Waals surface area (Å²) in [6, 6.07) is 23.1. The normalized spacial score (nSPS) is 14.8. The van der Waals surface area contributed by atoms with Gasteiger partial charge < -0.3 is 19.5 Å². The average molecular weight is 444 g/mol. The Morgan fingerprint density at radius 3 is 2.76 bits per heavy atom. The number of aromatic nitrogens is 2. The molecule has 5 rings (SSSR count). The third-order valence-electron chi connectivity index (χ3n) is 5.42. The molecule has 168 valence electrons. The largest absolute Gasteiger partial charge is 0.486 e. The summed E-state index contributed by atoms with van der Waals surface area (Å²) in [5.41, 5.74) is 2.53. The van der Waals surface area contributed by atoms with Gasteiger partial charge in [0.1, 0.15) is 6.61 Å². The SMILES string of the molecule is O=C(NCCOCc1ccccc1)c1ccc2nn(CC3COc4ccccc4O3)cc2c1. The van der Waals surface area contributed by atoms with E-state index in [0.717, 1.165) is 28.0 Å². The monoisotopic (exact) mass is 443 g/mol. The van der Waals surface area contributed by atoms with Crippen LogP contribution >= 0.6 is 0 Å². The number of benzene rings is 3. The summed E-state index contributed by atoms with van der Waals surface area (Å²) in [5.74, 6) is 1.38. The average Bonchev–Trinajstić information content (AvgIpc) is 3.25. The van der Waals surface area contributed by atoms with Crippen molar-refractivity contribution in [2.24, 2.45) is 0 Å². The number of hydrogen-bond acceptors (Lipinski definition) is 5. The summed E-state index contributed by atoms with van der Waals surface area (Å²) >= 11 is 0. The van der Waals surface area contributed by atoms with Crippen molar-refractivity contribution in [1.82, 2.24) is 15.1 Å². The number of para-hydroxylation sites is 2. The van der Waals surface area contributed by atoms with E-state index in [1.807, 2.05) is 77.6 Å². The summed E-state index contributed by atoms with van der Waals surface area (Å²) in [5, 5.41) is 8.41. The predicted molar refractivity (Wildman–Crippen MR) is 125 cm³/mol. The van der Waals surface area contributed by atoms with E-state index in [9.17, 15) is 4.79 Å². The first-order valence-corrected chi connectivity index (χ1v) is 11.0. The van der Waals surface area contributed by atoms with Gasteiger partial charge >= 0.3 is 0 Å². The van der Waals surface area contributed by atoms with Gasteiger partial charge in [-0.15, -0.1) is 0 Å². The maximum Gasteiger partial charge on any atom is 0.251 e. The van der Waals surface area contributed by atoms with Crippen molar-refractivity contribution < 1.29 is 19.0 Å². The molecule has 0 radical (unpaired) electrons. The molecule has 1 atom stereocenters. The number of amides is 1. The van der Waals surface area contributed by atoms with Crippen LogP contribution in [-0.4, -0.2) is 41.6 Å². The van der Waals surface area contributed by atoms with Crippen molar-refractivity contribution in [2.75, 3.05) is 19.8 Å². The highest BCUT2D eigenvalue weighted by Crippen LogP contribution is 2.31. The molecule has 1 aliphatic rings. The van der Waals surface area contributed by atoms with Crippen LogP contribution < -0.4 is 14.8 Å². The summed E-state index contributed by atoms with van der Waals surface area (Å²) in [4.78, 5) is 12.5. The zero-order valence-corrected chi connectivity index (χ0v) is 18.1. The lowest BCUT2D eigenvalue weighted by atomic mass is 10.1. The van der Waals surface area contributed by atoms with Gasteiger partial charge in [0.15, 0.2) is 17.6 Å². The molecule has 3 aromatic carbocycles. The summed E-state index contributed by atoms with van der Waals surface area (Å²) in [6.45, 7) is 2.45. The van der Waals surface area contributed by atoms with Gasteiger partial charge in [-0.2, -0.15) is 5.10 Å². The molecule has 1 N–H and O–H groups in total. The molecule has 0 spiro atoms. The third-order valence-corrected chi connectivity index (χ3v) is 5.42. The Hall–Kier alpha value is -3.84. The molecule has 0 fully saturated rings. The van der Waals surface area contributed by atoms with Crippen molar-refractivity contribution in [3.05, 3.63) is 90.1 Å². The topological polar surface area (TPSA) is 74.6 Å². The van der Waals surface area contributed by atoms with Crippen LogP contribution in [0.25, 0.3) is 10.9 Å². The van der Waals surface area contributed by atoms with E-state index in [2.05, 4.69) is 10.4 Å². The van der Waals surface area contributed by atoms with Crippen LogP contribution in [0.5, 0.6) is 11.5 Å². The standard InChI is InChI=1S/C26H25N3O4/c30-26(27-12-13-31-17-19-6-2-1-3-7-19)20-10-11-23-21(14-20)15-29(28-23)16-22-18-32-24-8-4-5-9-25(24)33-22/h1-11,14-15,22H,12-13,16-18H2,(H,27,30). The van der Waals surface area contributed by atoms with Crippen LogP contribution in [-0.2, 0) is 17.9 Å². The van der Waals surface area contributed by atoms with E-state index >= 15 is 0 Å². The smallest absolute Gasteiger partial charge is 0.251 e. The highest BCUT2D eigenvalue weighted by atomic mass is 16.6. The summed E-state index contributed by atoms with van der Waals surface area (Å²) in [6.07, 6.45) is 1.80. The molecule has 0 bridgehead atoms. The molecule has 4 aromatic rings. The highest BCUT2D eigenvalue weighted by molar-refractivity contribution is 5.97. The van der Waals surface area contributed by atoms with Gasteiger partial charge in [-0.25, -0.2) is 0 Å². The minimum atomic E-state index is -0.132. The predicted octanol–water partition coefficient (Wildman–Crippen LogP) is 3.82. The van der Waals surface area contributed by atoms with Crippen LogP contribution in [0.3, 0.4) is 0 Å². The number of hydrogen-bond donors (Lipinski definition) is 1. The summed E-state index contributed by atoms with van der Waals surface area (Å²) in [7, 11) is 0. The van der Waals surface area contributed by atoms with Gasteiger partial charge in [0.2, 0.25) is 0 Å². The maximum atomic E-state index is 12.5. The minimum absolute atomic E-state index is 0.131. The van der Waals surface area contributed by atoms with Crippen molar-refractivity contribution in [1.29, 1.82) is 0 Å². The molecule has 7 heteroatoms. The molecule has 1 unspecified atom stereocenters. The molecule has 0 saturated carbocycles. The fourth-order valence-electron chi connectivity index (χ4n) is 3.78. The molecule has 2 heterocycles. The Morgan fingerprint density at radius 1 is 1.06 bits per heavy atom. The van der Waals surface area contributed by atoms with Crippen LogP contribution in [0.4, 0.5) is 0 Å². The van der Waals surface area contributed by atoms with Crippen LogP contribution in [0.15, 0.2) is 79.0 Å². The third kappa shape index (κ3) is 5.15. The number of carbonyl (C=O) groups is 1. The van der Waals surface area contributed by atoms with Crippen LogP contribution in [0.2, 0.25) is 0 Å². The van der Waals surface area contributed by atoms with E-state index in [0.29, 0.717) is 38.5 Å². The molecule has 0 saturated heterocycles. The molecule has 1 aliphatic heterocycles. The van der Waals surface area contributed by atoms with Gasteiger partial charge in [0, 0.05) is 23.7 Å². The quantitative estimate of drug-likeness (QED) is 0.419. The first-order chi connectivity index (χ1) is 16.2. The van der Waals surface area contributed by atoms with E-state index < -0.39 is 0 Å². The number of fused-ring (bicyclic) bond motifs is 2. The molecule has 0 aliphatic carbocycles.